The summed E-state index contributed by atoms with van der Waals surface area (Å²) in [5.41, 5.74) is 0.258. The van der Waals surface area contributed by atoms with Crippen LogP contribution in [-0.4, -0.2) is 44.7 Å². The van der Waals surface area contributed by atoms with Crippen LogP contribution in [0.3, 0.4) is 0 Å². The number of carbonyl (C=O) groups is 3. The van der Waals surface area contributed by atoms with Crippen LogP contribution in [0.1, 0.15) is 6.92 Å². The molecule has 0 spiro atoms. The van der Waals surface area contributed by atoms with Crippen molar-refractivity contribution in [2.24, 2.45) is 0 Å². The molecule has 1 heterocycles. The number of carbonyl (C=O) groups excluding carboxylic acids is 3. The number of rotatable bonds is 5. The monoisotopic (exact) mass is 397 g/mol. The molecule has 8 heteroatoms. The molecule has 0 aliphatic carbocycles. The van der Waals surface area contributed by atoms with Gasteiger partial charge in [-0.25, -0.2) is 9.59 Å². The first-order chi connectivity index (χ1) is 11.5. The Morgan fingerprint density at radius 2 is 1.79 bits per heavy atom. The van der Waals surface area contributed by atoms with Crippen molar-refractivity contribution >= 4 is 39.5 Å². The Bertz CT molecular complexity index is 697. The molecule has 0 saturated heterocycles. The van der Waals surface area contributed by atoms with E-state index in [1.54, 1.807) is 31.2 Å². The molecule has 24 heavy (non-hydrogen) atoms. The van der Waals surface area contributed by atoms with Gasteiger partial charge in [0.1, 0.15) is 5.57 Å². The number of ether oxygens (including phenoxy) is 3. The van der Waals surface area contributed by atoms with Crippen LogP contribution in [0.5, 0.6) is 0 Å². The molecule has 1 unspecified atom stereocenters. The summed E-state index contributed by atoms with van der Waals surface area (Å²) in [6.07, 6.45) is 0. The van der Waals surface area contributed by atoms with E-state index in [1.165, 1.54) is 14.2 Å². The van der Waals surface area contributed by atoms with E-state index in [-0.39, 0.29) is 17.9 Å². The largest absolute Gasteiger partial charge is 0.488 e. The van der Waals surface area contributed by atoms with E-state index in [4.69, 9.17) is 14.2 Å². The molecule has 0 bridgehead atoms. The minimum atomic E-state index is -1.27. The second-order valence-electron chi connectivity index (χ2n) is 4.74. The summed E-state index contributed by atoms with van der Waals surface area (Å²) in [7, 11) is 2.35. The van der Waals surface area contributed by atoms with Crippen LogP contribution in [0.4, 0.5) is 5.69 Å². The van der Waals surface area contributed by atoms with Crippen molar-refractivity contribution in [3.63, 3.8) is 0 Å². The van der Waals surface area contributed by atoms with Gasteiger partial charge in [-0.15, -0.1) is 0 Å². The van der Waals surface area contributed by atoms with E-state index >= 15 is 0 Å². The maximum absolute atomic E-state index is 12.8. The third-order valence-corrected chi connectivity index (χ3v) is 3.94. The number of hydrogen-bond donors (Lipinski definition) is 0. The summed E-state index contributed by atoms with van der Waals surface area (Å²) in [5, 5.41) is 0. The highest BCUT2D eigenvalue weighted by atomic mass is 79.9. The van der Waals surface area contributed by atoms with E-state index in [1.807, 2.05) is 0 Å². The lowest BCUT2D eigenvalue weighted by Crippen LogP contribution is -2.43. The van der Waals surface area contributed by atoms with Crippen molar-refractivity contribution < 1.29 is 28.6 Å². The van der Waals surface area contributed by atoms with Crippen molar-refractivity contribution in [2.75, 3.05) is 25.7 Å². The normalized spacial score (nSPS) is 17.1. The Hall–Kier alpha value is -2.35. The molecule has 1 atom stereocenters. The van der Waals surface area contributed by atoms with Crippen LogP contribution in [0.25, 0.3) is 0 Å². The van der Waals surface area contributed by atoms with Gasteiger partial charge in [-0.2, -0.15) is 0 Å². The van der Waals surface area contributed by atoms with Gasteiger partial charge in [-0.3, -0.25) is 9.69 Å². The molecule has 2 rings (SSSR count). The van der Waals surface area contributed by atoms with E-state index in [0.29, 0.717) is 5.69 Å². The van der Waals surface area contributed by atoms with Crippen molar-refractivity contribution in [3.8, 4) is 0 Å². The molecule has 7 nitrogen and oxygen atoms in total. The summed E-state index contributed by atoms with van der Waals surface area (Å²) in [6, 6.07) is 5.45. The summed E-state index contributed by atoms with van der Waals surface area (Å²) < 4.78 is 15.6. The van der Waals surface area contributed by atoms with Crippen molar-refractivity contribution in [3.05, 3.63) is 40.1 Å². The molecule has 128 valence electrons. The molecule has 1 aliphatic heterocycles. The average molecular weight is 398 g/mol. The van der Waals surface area contributed by atoms with E-state index in [9.17, 15) is 14.4 Å². The van der Waals surface area contributed by atoms with Gasteiger partial charge in [0.25, 0.3) is 5.91 Å². The first-order valence-corrected chi connectivity index (χ1v) is 7.87. The Labute approximate surface area is 147 Å². The average Bonchev–Trinajstić information content (AvgIpc) is 2.87. The lowest BCUT2D eigenvalue weighted by Gasteiger charge is -2.24. The quantitative estimate of drug-likeness (QED) is 0.704. The Kier molecular flexibility index (Phi) is 5.61. The molecular formula is C16H16BrNO6. The van der Waals surface area contributed by atoms with E-state index in [2.05, 4.69) is 15.9 Å². The number of benzene rings is 1. The van der Waals surface area contributed by atoms with Crippen LogP contribution >= 0.6 is 15.9 Å². The van der Waals surface area contributed by atoms with Gasteiger partial charge in [0.05, 0.1) is 20.8 Å². The lowest BCUT2D eigenvalue weighted by atomic mass is 10.1. The van der Waals surface area contributed by atoms with Gasteiger partial charge in [-0.05, 0) is 31.2 Å². The third-order valence-electron chi connectivity index (χ3n) is 3.41. The lowest BCUT2D eigenvalue weighted by molar-refractivity contribution is -0.144. The number of anilines is 1. The fourth-order valence-corrected chi connectivity index (χ4v) is 2.66. The fourth-order valence-electron chi connectivity index (χ4n) is 2.40. The molecule has 0 radical (unpaired) electrons. The van der Waals surface area contributed by atoms with Gasteiger partial charge in [0.2, 0.25) is 0 Å². The molecular weight excluding hydrogens is 382 g/mol. The zero-order chi connectivity index (χ0) is 17.9. The first-order valence-electron chi connectivity index (χ1n) is 7.08. The Balaban J connectivity index is 2.60. The second-order valence-corrected chi connectivity index (χ2v) is 5.66. The van der Waals surface area contributed by atoms with Crippen LogP contribution in [0.15, 0.2) is 40.1 Å². The van der Waals surface area contributed by atoms with Crippen LogP contribution in [-0.2, 0) is 28.6 Å². The zero-order valence-electron chi connectivity index (χ0n) is 13.4. The number of hydrogen-bond acceptors (Lipinski definition) is 6. The van der Waals surface area contributed by atoms with Gasteiger partial charge >= 0.3 is 11.9 Å². The van der Waals surface area contributed by atoms with Gasteiger partial charge in [-0.1, -0.05) is 15.9 Å². The number of esters is 2. The maximum Gasteiger partial charge on any atom is 0.340 e. The first kappa shape index (κ1) is 18.0. The van der Waals surface area contributed by atoms with Crippen LogP contribution < -0.4 is 4.90 Å². The zero-order valence-corrected chi connectivity index (χ0v) is 15.0. The third kappa shape index (κ3) is 3.14. The minimum absolute atomic E-state index is 0.156. The molecule has 1 aliphatic rings. The standard InChI is InChI=1S/C16H16BrNO6/c1-4-24-13-11(15(20)22-2)12(16(21)23-3)18(14(13)19)10-7-5-9(17)6-8-10/h5-8,12H,4H2,1-3H3. The predicted octanol–water partition coefficient (Wildman–Crippen LogP) is 1.80. The highest BCUT2D eigenvalue weighted by Gasteiger charge is 2.49. The van der Waals surface area contributed by atoms with Gasteiger partial charge in [0.15, 0.2) is 11.8 Å². The topological polar surface area (TPSA) is 82.1 Å². The molecule has 0 fully saturated rings. The van der Waals surface area contributed by atoms with E-state index in [0.717, 1.165) is 9.37 Å². The van der Waals surface area contributed by atoms with Crippen LogP contribution in [0, 0.1) is 0 Å². The molecule has 1 aromatic rings. The van der Waals surface area contributed by atoms with Crippen molar-refractivity contribution in [1.82, 2.24) is 0 Å². The molecule has 1 amide bonds. The van der Waals surface area contributed by atoms with Crippen molar-refractivity contribution in [2.45, 2.75) is 13.0 Å². The SMILES string of the molecule is CCOC1=C(C(=O)OC)C(C(=O)OC)N(c2ccc(Br)cc2)C1=O. The molecule has 0 aromatic heterocycles. The maximum atomic E-state index is 12.8. The Morgan fingerprint density at radius 1 is 1.17 bits per heavy atom. The number of halogens is 1. The molecule has 1 aromatic carbocycles. The molecule has 0 saturated carbocycles. The molecule has 0 N–H and O–H groups in total. The summed E-state index contributed by atoms with van der Waals surface area (Å²) in [5.74, 6) is -2.39. The van der Waals surface area contributed by atoms with E-state index < -0.39 is 23.9 Å². The highest BCUT2D eigenvalue weighted by Crippen LogP contribution is 2.34. The minimum Gasteiger partial charge on any atom is -0.488 e. The number of amides is 1. The highest BCUT2D eigenvalue weighted by molar-refractivity contribution is 9.10. The number of methoxy groups -OCH3 is 2. The predicted molar refractivity (Wildman–Crippen MR) is 88.1 cm³/mol. The number of nitrogens with zero attached hydrogens (tertiary/aromatic N) is 1. The summed E-state index contributed by atoms with van der Waals surface area (Å²) >= 11 is 3.31. The van der Waals surface area contributed by atoms with Gasteiger partial charge < -0.3 is 14.2 Å². The van der Waals surface area contributed by atoms with Crippen molar-refractivity contribution in [1.29, 1.82) is 0 Å². The fraction of sp³-hybridized carbons (Fsp3) is 0.312. The second kappa shape index (κ2) is 7.48. The smallest absolute Gasteiger partial charge is 0.340 e. The van der Waals surface area contributed by atoms with Gasteiger partial charge in [0, 0.05) is 10.2 Å². The summed E-state index contributed by atoms with van der Waals surface area (Å²) in [6.45, 7) is 1.83. The van der Waals surface area contributed by atoms with Crippen LogP contribution in [0.2, 0.25) is 0 Å². The Morgan fingerprint density at radius 3 is 2.29 bits per heavy atom. The summed E-state index contributed by atoms with van der Waals surface area (Å²) in [4.78, 5) is 38.3.